The Bertz CT molecular complexity index is 425. The molecule has 1 unspecified atom stereocenters. The first-order valence-electron chi connectivity index (χ1n) is 7.91. The normalized spacial score (nSPS) is 12.6. The Hall–Kier alpha value is -0.120. The summed E-state index contributed by atoms with van der Waals surface area (Å²) in [7, 11) is 1.88. The van der Waals surface area contributed by atoms with Crippen molar-refractivity contribution in [3.8, 4) is 0 Å². The van der Waals surface area contributed by atoms with Crippen molar-refractivity contribution < 1.29 is 4.39 Å². The minimum absolute atomic E-state index is 0.0336. The predicted molar refractivity (Wildman–Crippen MR) is 93.5 cm³/mol. The van der Waals surface area contributed by atoms with Gasteiger partial charge in [-0.1, -0.05) is 63.5 Å². The van der Waals surface area contributed by atoms with Gasteiger partial charge in [-0.2, -0.15) is 0 Å². The molecule has 0 heterocycles. The standard InChI is InChI=1S/C17H26BrClFN/c1-3-4-5-6-7-8-9-10-17(21-2)13-11-15(19)14(18)12-16(13)20/h11-12,17,21H,3-10H2,1-2H3. The number of hydrogen-bond donors (Lipinski definition) is 1. The van der Waals surface area contributed by atoms with Gasteiger partial charge in [0.05, 0.1) is 5.02 Å². The fraction of sp³-hybridized carbons (Fsp3) is 0.647. The summed E-state index contributed by atoms with van der Waals surface area (Å²) in [6.07, 6.45) is 9.82. The highest BCUT2D eigenvalue weighted by Crippen LogP contribution is 2.30. The Balaban J connectivity index is 2.43. The van der Waals surface area contributed by atoms with E-state index in [0.717, 1.165) is 12.8 Å². The molecular weight excluding hydrogens is 353 g/mol. The molecule has 0 saturated heterocycles. The third-order valence-electron chi connectivity index (χ3n) is 3.86. The molecule has 0 amide bonds. The van der Waals surface area contributed by atoms with Crippen LogP contribution in [-0.4, -0.2) is 7.05 Å². The van der Waals surface area contributed by atoms with Crippen molar-refractivity contribution in [3.63, 3.8) is 0 Å². The number of halogens is 3. The van der Waals surface area contributed by atoms with Crippen LogP contribution in [0.25, 0.3) is 0 Å². The van der Waals surface area contributed by atoms with Gasteiger partial charge in [-0.3, -0.25) is 0 Å². The first-order chi connectivity index (χ1) is 10.1. The van der Waals surface area contributed by atoms with Gasteiger partial charge in [0.2, 0.25) is 0 Å². The lowest BCUT2D eigenvalue weighted by atomic mass is 9.99. The largest absolute Gasteiger partial charge is 0.313 e. The fourth-order valence-corrected chi connectivity index (χ4v) is 3.05. The zero-order chi connectivity index (χ0) is 15.7. The predicted octanol–water partition coefficient (Wildman–Crippen LogP) is 6.64. The molecule has 0 spiro atoms. The van der Waals surface area contributed by atoms with Gasteiger partial charge in [0.15, 0.2) is 0 Å². The van der Waals surface area contributed by atoms with Gasteiger partial charge in [-0.15, -0.1) is 0 Å². The van der Waals surface area contributed by atoms with Gasteiger partial charge in [0.25, 0.3) is 0 Å². The quantitative estimate of drug-likeness (QED) is 0.355. The molecule has 4 heteroatoms. The van der Waals surface area contributed by atoms with Crippen LogP contribution < -0.4 is 5.32 Å². The average Bonchev–Trinajstić information content (AvgIpc) is 2.46. The molecule has 0 aliphatic carbocycles. The molecule has 0 aliphatic heterocycles. The summed E-state index contributed by atoms with van der Waals surface area (Å²) >= 11 is 9.33. The van der Waals surface area contributed by atoms with Gasteiger partial charge >= 0.3 is 0 Å². The topological polar surface area (TPSA) is 12.0 Å². The molecule has 0 aliphatic rings. The third kappa shape index (κ3) is 6.66. The highest BCUT2D eigenvalue weighted by molar-refractivity contribution is 9.10. The van der Waals surface area contributed by atoms with Crippen molar-refractivity contribution in [1.82, 2.24) is 5.32 Å². The summed E-state index contributed by atoms with van der Waals surface area (Å²) in [6, 6.07) is 3.21. The molecule has 0 bridgehead atoms. The van der Waals surface area contributed by atoms with Crippen LogP contribution in [0.1, 0.15) is 69.9 Å². The van der Waals surface area contributed by atoms with E-state index in [4.69, 9.17) is 11.6 Å². The number of rotatable bonds is 10. The van der Waals surface area contributed by atoms with Crippen LogP contribution in [0.3, 0.4) is 0 Å². The number of hydrogen-bond acceptors (Lipinski definition) is 1. The summed E-state index contributed by atoms with van der Waals surface area (Å²) in [5.41, 5.74) is 0.664. The summed E-state index contributed by atoms with van der Waals surface area (Å²) in [6.45, 7) is 2.23. The lowest BCUT2D eigenvalue weighted by Gasteiger charge is -2.18. The second-order valence-corrected chi connectivity index (χ2v) is 6.80. The second kappa shape index (κ2) is 10.6. The minimum Gasteiger partial charge on any atom is -0.313 e. The average molecular weight is 379 g/mol. The maximum atomic E-state index is 14.1. The Morgan fingerprint density at radius 3 is 2.38 bits per heavy atom. The van der Waals surface area contributed by atoms with Crippen LogP contribution in [0.2, 0.25) is 5.02 Å². The Kier molecular flexibility index (Phi) is 9.54. The highest BCUT2D eigenvalue weighted by Gasteiger charge is 2.15. The Morgan fingerprint density at radius 2 is 1.76 bits per heavy atom. The van der Waals surface area contributed by atoms with Crippen molar-refractivity contribution in [3.05, 3.63) is 33.0 Å². The minimum atomic E-state index is -0.200. The SMILES string of the molecule is CCCCCCCCCC(NC)c1cc(Cl)c(Br)cc1F. The zero-order valence-corrected chi connectivity index (χ0v) is 15.4. The van der Waals surface area contributed by atoms with Crippen molar-refractivity contribution in [2.45, 2.75) is 64.3 Å². The van der Waals surface area contributed by atoms with Crippen molar-refractivity contribution in [2.75, 3.05) is 7.05 Å². The van der Waals surface area contributed by atoms with Crippen molar-refractivity contribution >= 4 is 27.5 Å². The molecule has 1 aromatic rings. The molecule has 1 N–H and O–H groups in total. The van der Waals surface area contributed by atoms with E-state index in [1.807, 2.05) is 7.05 Å². The number of nitrogens with one attached hydrogen (secondary N) is 1. The molecular formula is C17H26BrClFN. The maximum Gasteiger partial charge on any atom is 0.129 e. The second-order valence-electron chi connectivity index (χ2n) is 5.54. The Morgan fingerprint density at radius 1 is 1.14 bits per heavy atom. The maximum absolute atomic E-state index is 14.1. The van der Waals surface area contributed by atoms with Gasteiger partial charge in [-0.25, -0.2) is 4.39 Å². The molecule has 120 valence electrons. The van der Waals surface area contributed by atoms with E-state index in [2.05, 4.69) is 28.2 Å². The molecule has 1 atom stereocenters. The van der Waals surface area contributed by atoms with Gasteiger partial charge in [0.1, 0.15) is 5.82 Å². The molecule has 0 fully saturated rings. The monoisotopic (exact) mass is 377 g/mol. The van der Waals surface area contributed by atoms with E-state index in [9.17, 15) is 4.39 Å². The van der Waals surface area contributed by atoms with E-state index in [1.54, 1.807) is 6.07 Å². The van der Waals surface area contributed by atoms with Crippen molar-refractivity contribution in [2.24, 2.45) is 0 Å². The van der Waals surface area contributed by atoms with Crippen LogP contribution in [0, 0.1) is 5.82 Å². The zero-order valence-electron chi connectivity index (χ0n) is 13.0. The van der Waals surface area contributed by atoms with E-state index >= 15 is 0 Å². The van der Waals surface area contributed by atoms with Gasteiger partial charge in [0, 0.05) is 16.1 Å². The molecule has 1 aromatic carbocycles. The molecule has 1 rings (SSSR count). The lowest BCUT2D eigenvalue weighted by molar-refractivity contribution is 0.475. The first kappa shape index (κ1) is 18.9. The highest BCUT2D eigenvalue weighted by atomic mass is 79.9. The van der Waals surface area contributed by atoms with E-state index in [0.29, 0.717) is 15.1 Å². The molecule has 0 aromatic heterocycles. The van der Waals surface area contributed by atoms with Crippen molar-refractivity contribution in [1.29, 1.82) is 0 Å². The van der Waals surface area contributed by atoms with Crippen LogP contribution in [0.5, 0.6) is 0 Å². The number of unbranched alkanes of at least 4 members (excludes halogenated alkanes) is 6. The smallest absolute Gasteiger partial charge is 0.129 e. The summed E-state index contributed by atoms with van der Waals surface area (Å²) in [4.78, 5) is 0. The first-order valence-corrected chi connectivity index (χ1v) is 9.09. The van der Waals surface area contributed by atoms with Gasteiger partial charge < -0.3 is 5.32 Å². The number of benzene rings is 1. The summed E-state index contributed by atoms with van der Waals surface area (Å²) < 4.78 is 14.7. The lowest BCUT2D eigenvalue weighted by Crippen LogP contribution is -2.17. The van der Waals surface area contributed by atoms with Crippen LogP contribution in [0.4, 0.5) is 4.39 Å². The molecule has 0 saturated carbocycles. The third-order valence-corrected chi connectivity index (χ3v) is 5.06. The van der Waals surface area contributed by atoms with E-state index in [1.165, 1.54) is 44.6 Å². The fourth-order valence-electron chi connectivity index (χ4n) is 2.57. The summed E-state index contributed by atoms with van der Waals surface area (Å²) in [5, 5.41) is 3.76. The van der Waals surface area contributed by atoms with E-state index in [-0.39, 0.29) is 11.9 Å². The molecule has 1 nitrogen and oxygen atoms in total. The van der Waals surface area contributed by atoms with Crippen LogP contribution >= 0.6 is 27.5 Å². The summed E-state index contributed by atoms with van der Waals surface area (Å²) in [5.74, 6) is -0.200. The molecule has 21 heavy (non-hydrogen) atoms. The van der Waals surface area contributed by atoms with Crippen LogP contribution in [-0.2, 0) is 0 Å². The molecule has 0 radical (unpaired) electrons. The van der Waals surface area contributed by atoms with Gasteiger partial charge in [-0.05, 0) is 41.5 Å². The van der Waals surface area contributed by atoms with Crippen LogP contribution in [0.15, 0.2) is 16.6 Å². The Labute approximate surface area is 141 Å². The van der Waals surface area contributed by atoms with E-state index < -0.39 is 0 Å².